The maximum absolute atomic E-state index is 12.8. The molecule has 0 bridgehead atoms. The Bertz CT molecular complexity index is 1390. The number of aryl methyl sites for hydroxylation is 1. The number of amides is 2. The largest absolute Gasteiger partial charge is 0.342 e. The maximum Gasteiger partial charge on any atom is 0.271 e. The Morgan fingerprint density at radius 3 is 2.59 bits per heavy atom. The molecule has 0 saturated heterocycles. The van der Waals surface area contributed by atoms with Gasteiger partial charge in [0.25, 0.3) is 11.8 Å². The number of fused-ring (bicyclic) bond motifs is 1. The molecule has 0 aromatic carbocycles. The molecule has 2 N–H and O–H groups in total. The van der Waals surface area contributed by atoms with Gasteiger partial charge in [-0.2, -0.15) is 5.10 Å². The molecule has 4 heterocycles. The van der Waals surface area contributed by atoms with Gasteiger partial charge in [0, 0.05) is 12.5 Å². The second-order valence-electron chi connectivity index (χ2n) is 8.58. The van der Waals surface area contributed by atoms with E-state index < -0.39 is 17.9 Å². The molecule has 13 heteroatoms. The quantitative estimate of drug-likeness (QED) is 0.426. The van der Waals surface area contributed by atoms with Gasteiger partial charge in [0.2, 0.25) is 5.95 Å². The lowest BCUT2D eigenvalue weighted by atomic mass is 9.92. The topological polar surface area (TPSA) is 140 Å². The summed E-state index contributed by atoms with van der Waals surface area (Å²) in [6, 6.07) is -0.458. The summed E-state index contributed by atoms with van der Waals surface area (Å²) >= 11 is 7.36. The van der Waals surface area contributed by atoms with Crippen LogP contribution in [0.2, 0.25) is 5.02 Å². The third kappa shape index (κ3) is 4.73. The lowest BCUT2D eigenvalue weighted by Crippen LogP contribution is -2.27. The summed E-state index contributed by atoms with van der Waals surface area (Å²) in [7, 11) is 1.74. The molecule has 11 nitrogen and oxygen atoms in total. The Balaban J connectivity index is 1.46. The van der Waals surface area contributed by atoms with Gasteiger partial charge in [-0.05, 0) is 6.92 Å². The first-order valence-electron chi connectivity index (χ1n) is 10.3. The van der Waals surface area contributed by atoms with Crippen LogP contribution in [0.4, 0.5) is 5.95 Å². The Morgan fingerprint density at radius 2 is 1.85 bits per heavy atom. The standard InChI is InChI=1S/C21H22ClN9O2S/c1-10(28-18(33)14-11-6-27-31(5)16(11)26-9-25-14)19-23-8-13(34-19)17(32)30-20-24-7-12(22)15(29-20)21(2,3)4/h6-10H,1-5H3,(H,28,33)(H,24,29,30,32). The molecule has 0 spiro atoms. The molecular weight excluding hydrogens is 478 g/mol. The van der Waals surface area contributed by atoms with Crippen LogP contribution in [0.15, 0.2) is 24.9 Å². The summed E-state index contributed by atoms with van der Waals surface area (Å²) in [5.41, 5.74) is 1.10. The number of hydrogen-bond donors (Lipinski definition) is 2. The van der Waals surface area contributed by atoms with Gasteiger partial charge in [-0.3, -0.25) is 19.6 Å². The van der Waals surface area contributed by atoms with Crippen LogP contribution < -0.4 is 10.6 Å². The number of thiazole rings is 1. The molecule has 0 fully saturated rings. The Kier molecular flexibility index (Phi) is 6.28. The van der Waals surface area contributed by atoms with Crippen LogP contribution in [0.25, 0.3) is 11.0 Å². The third-order valence-corrected chi connectivity index (χ3v) is 6.35. The van der Waals surface area contributed by atoms with E-state index in [1.165, 1.54) is 18.7 Å². The molecule has 4 rings (SSSR count). The fraction of sp³-hybridized carbons (Fsp3) is 0.333. The normalized spacial score (nSPS) is 12.5. The van der Waals surface area contributed by atoms with Crippen LogP contribution in [0.5, 0.6) is 0 Å². The minimum absolute atomic E-state index is 0.153. The number of hydrogen-bond acceptors (Lipinski definition) is 9. The van der Waals surface area contributed by atoms with Crippen molar-refractivity contribution in [1.29, 1.82) is 0 Å². The monoisotopic (exact) mass is 499 g/mol. The first-order valence-corrected chi connectivity index (χ1v) is 11.5. The maximum atomic E-state index is 12.8. The zero-order valence-electron chi connectivity index (χ0n) is 19.1. The van der Waals surface area contributed by atoms with E-state index in [1.54, 1.807) is 24.9 Å². The van der Waals surface area contributed by atoms with Gasteiger partial charge in [0.05, 0.1) is 40.7 Å². The van der Waals surface area contributed by atoms with Crippen molar-refractivity contribution in [3.63, 3.8) is 0 Å². The average Bonchev–Trinajstić information content (AvgIpc) is 3.42. The summed E-state index contributed by atoms with van der Waals surface area (Å²) in [5.74, 6) is -0.643. The highest BCUT2D eigenvalue weighted by Crippen LogP contribution is 2.28. The molecule has 0 saturated carbocycles. The highest BCUT2D eigenvalue weighted by molar-refractivity contribution is 7.13. The number of nitrogens with one attached hydrogen (secondary N) is 2. The summed E-state index contributed by atoms with van der Waals surface area (Å²) in [4.78, 5) is 46.9. The SMILES string of the molecule is CC(NC(=O)c1ncnc2c1cnn2C)c1ncc(C(=O)Nc2ncc(Cl)c(C(C)(C)C)n2)s1. The molecule has 1 unspecified atom stereocenters. The number of aromatic nitrogens is 7. The zero-order valence-corrected chi connectivity index (χ0v) is 20.7. The Morgan fingerprint density at radius 1 is 1.09 bits per heavy atom. The van der Waals surface area contributed by atoms with E-state index >= 15 is 0 Å². The Labute approximate surface area is 204 Å². The molecule has 0 radical (unpaired) electrons. The van der Waals surface area contributed by atoms with E-state index in [0.717, 1.165) is 11.3 Å². The summed E-state index contributed by atoms with van der Waals surface area (Å²) < 4.78 is 1.57. The van der Waals surface area contributed by atoms with Crippen molar-refractivity contribution in [2.24, 2.45) is 7.05 Å². The van der Waals surface area contributed by atoms with Crippen LogP contribution >= 0.6 is 22.9 Å². The smallest absolute Gasteiger partial charge is 0.271 e. The van der Waals surface area contributed by atoms with Gasteiger partial charge in [-0.1, -0.05) is 32.4 Å². The Hall–Kier alpha value is -3.51. The van der Waals surface area contributed by atoms with E-state index in [4.69, 9.17) is 11.6 Å². The minimum atomic E-state index is -0.458. The van der Waals surface area contributed by atoms with E-state index in [0.29, 0.717) is 31.6 Å². The third-order valence-electron chi connectivity index (χ3n) is 4.89. The van der Waals surface area contributed by atoms with Crippen molar-refractivity contribution in [2.75, 3.05) is 5.32 Å². The lowest BCUT2D eigenvalue weighted by Gasteiger charge is -2.19. The summed E-state index contributed by atoms with van der Waals surface area (Å²) in [5, 5.41) is 11.2. The molecule has 1 atom stereocenters. The van der Waals surface area contributed by atoms with Gasteiger partial charge >= 0.3 is 0 Å². The van der Waals surface area contributed by atoms with Gasteiger partial charge in [0.15, 0.2) is 5.65 Å². The van der Waals surface area contributed by atoms with Crippen molar-refractivity contribution in [3.8, 4) is 0 Å². The first kappa shape index (κ1) is 23.6. The number of anilines is 1. The average molecular weight is 500 g/mol. The predicted octanol–water partition coefficient (Wildman–Crippen LogP) is 3.30. The number of carbonyl (C=O) groups excluding carboxylic acids is 2. The molecule has 176 valence electrons. The van der Waals surface area contributed by atoms with Crippen molar-refractivity contribution in [2.45, 2.75) is 39.2 Å². The number of carbonyl (C=O) groups is 2. The molecular formula is C21H22ClN9O2S. The highest BCUT2D eigenvalue weighted by Gasteiger charge is 2.23. The van der Waals surface area contributed by atoms with Gasteiger partial charge in [0.1, 0.15) is 21.9 Å². The van der Waals surface area contributed by atoms with E-state index in [9.17, 15) is 9.59 Å². The van der Waals surface area contributed by atoms with Crippen molar-refractivity contribution >= 4 is 51.7 Å². The van der Waals surface area contributed by atoms with Gasteiger partial charge < -0.3 is 5.32 Å². The number of nitrogens with zero attached hydrogens (tertiary/aromatic N) is 7. The van der Waals surface area contributed by atoms with Crippen molar-refractivity contribution in [1.82, 2.24) is 40.0 Å². The molecule has 2 amide bonds. The molecule has 0 aliphatic heterocycles. The van der Waals surface area contributed by atoms with Crippen molar-refractivity contribution in [3.05, 3.63) is 51.2 Å². The first-order chi connectivity index (χ1) is 16.0. The second kappa shape index (κ2) is 9.03. The van der Waals surface area contributed by atoms with Crippen molar-refractivity contribution < 1.29 is 9.59 Å². The lowest BCUT2D eigenvalue weighted by molar-refractivity contribution is 0.0935. The molecule has 34 heavy (non-hydrogen) atoms. The summed E-state index contributed by atoms with van der Waals surface area (Å²) in [6.07, 6.45) is 5.78. The van der Waals surface area contributed by atoms with Crippen LogP contribution in [0.3, 0.4) is 0 Å². The predicted molar refractivity (Wildman–Crippen MR) is 128 cm³/mol. The minimum Gasteiger partial charge on any atom is -0.342 e. The fourth-order valence-electron chi connectivity index (χ4n) is 3.18. The van der Waals surface area contributed by atoms with E-state index in [1.807, 2.05) is 20.8 Å². The molecule has 0 aliphatic rings. The second-order valence-corrected chi connectivity index (χ2v) is 10.0. The molecule has 4 aromatic rings. The number of rotatable bonds is 5. The van der Waals surface area contributed by atoms with E-state index in [2.05, 4.69) is 40.7 Å². The van der Waals surface area contributed by atoms with E-state index in [-0.39, 0.29) is 17.1 Å². The van der Waals surface area contributed by atoms with Crippen LogP contribution in [-0.4, -0.2) is 46.5 Å². The van der Waals surface area contributed by atoms with Gasteiger partial charge in [-0.15, -0.1) is 11.3 Å². The number of halogens is 1. The highest BCUT2D eigenvalue weighted by atomic mass is 35.5. The molecule has 4 aromatic heterocycles. The van der Waals surface area contributed by atoms with Crippen LogP contribution in [0, 0.1) is 0 Å². The molecule has 0 aliphatic carbocycles. The van der Waals surface area contributed by atoms with Gasteiger partial charge in [-0.25, -0.2) is 24.9 Å². The van der Waals surface area contributed by atoms with Crippen LogP contribution in [-0.2, 0) is 12.5 Å². The van der Waals surface area contributed by atoms with Crippen LogP contribution in [0.1, 0.15) is 64.6 Å². The fourth-order valence-corrected chi connectivity index (χ4v) is 4.37. The summed E-state index contributed by atoms with van der Waals surface area (Å²) in [6.45, 7) is 7.69. The zero-order chi connectivity index (χ0) is 24.6.